The van der Waals surface area contributed by atoms with Crippen molar-refractivity contribution >= 4 is 23.3 Å². The lowest BCUT2D eigenvalue weighted by Gasteiger charge is -2.25. The Morgan fingerprint density at radius 1 is 1.06 bits per heavy atom. The van der Waals surface area contributed by atoms with Crippen LogP contribution in [-0.4, -0.2) is 44.8 Å². The Hall–Kier alpha value is -2.34. The zero-order valence-corrected chi connectivity index (χ0v) is 20.3. The zero-order chi connectivity index (χ0) is 23.6. The Labute approximate surface area is 194 Å². The summed E-state index contributed by atoms with van der Waals surface area (Å²) in [6.07, 6.45) is 10.2. The first-order chi connectivity index (χ1) is 15.6. The molecular weight excluding hydrogens is 404 g/mol. The van der Waals surface area contributed by atoms with E-state index in [-0.39, 0.29) is 19.1 Å². The number of unbranched alkanes of at least 4 members (excludes halogenated alkanes) is 5. The topological polar surface area (TPSA) is 67.9 Å². The van der Waals surface area contributed by atoms with Gasteiger partial charge in [0.25, 0.3) is 5.91 Å². The van der Waals surface area contributed by atoms with Crippen LogP contribution in [0.1, 0.15) is 82.5 Å². The maximum absolute atomic E-state index is 13.0. The molecule has 6 heteroatoms. The summed E-state index contributed by atoms with van der Waals surface area (Å²) in [4.78, 5) is 27.3. The average Bonchev–Trinajstić information content (AvgIpc) is 2.79. The van der Waals surface area contributed by atoms with Crippen molar-refractivity contribution in [3.8, 4) is 0 Å². The van der Waals surface area contributed by atoms with E-state index >= 15 is 0 Å². The number of amides is 1. The third kappa shape index (κ3) is 10.3. The van der Waals surface area contributed by atoms with E-state index in [1.807, 2.05) is 25.1 Å². The molecule has 0 aliphatic heterocycles. The van der Waals surface area contributed by atoms with Crippen LogP contribution in [0.15, 0.2) is 30.9 Å². The van der Waals surface area contributed by atoms with E-state index in [9.17, 15) is 9.59 Å². The molecular formula is C26H42N2O4. The van der Waals surface area contributed by atoms with Gasteiger partial charge in [0.2, 0.25) is 0 Å². The van der Waals surface area contributed by atoms with E-state index in [0.29, 0.717) is 24.4 Å². The van der Waals surface area contributed by atoms with Crippen LogP contribution in [0.4, 0.5) is 11.4 Å². The first-order valence-corrected chi connectivity index (χ1v) is 12.1. The van der Waals surface area contributed by atoms with Crippen molar-refractivity contribution < 1.29 is 19.1 Å². The Morgan fingerprint density at radius 2 is 1.88 bits per heavy atom. The number of anilines is 2. The third-order valence-electron chi connectivity index (χ3n) is 5.06. The Kier molecular flexibility index (Phi) is 14.9. The molecule has 0 unspecified atom stereocenters. The molecule has 0 aliphatic rings. The van der Waals surface area contributed by atoms with Gasteiger partial charge in [-0.15, -0.1) is 6.58 Å². The fourth-order valence-electron chi connectivity index (χ4n) is 3.36. The summed E-state index contributed by atoms with van der Waals surface area (Å²) in [5.41, 5.74) is 1.84. The monoisotopic (exact) mass is 446 g/mol. The van der Waals surface area contributed by atoms with Crippen LogP contribution in [0.5, 0.6) is 0 Å². The Morgan fingerprint density at radius 3 is 2.56 bits per heavy atom. The maximum atomic E-state index is 13.0. The lowest BCUT2D eigenvalue weighted by molar-refractivity contribution is -0.123. The van der Waals surface area contributed by atoms with E-state index in [4.69, 9.17) is 9.47 Å². The molecule has 0 atom stereocenters. The zero-order valence-electron chi connectivity index (χ0n) is 20.3. The minimum absolute atomic E-state index is 0.00754. The standard InChI is InChI=1S/C26H42N2O4/c1-5-9-11-13-17-27-22-15-16-23(26(30)32-8-4)24(20-22)28(18-7-3)25(29)21-31-19-14-12-10-6-2/h5,15-16,20,27H,1,6-14,17-19,21H2,2-4H3. The summed E-state index contributed by atoms with van der Waals surface area (Å²) < 4.78 is 10.9. The van der Waals surface area contributed by atoms with Crippen LogP contribution in [0.2, 0.25) is 0 Å². The molecule has 1 aromatic carbocycles. The van der Waals surface area contributed by atoms with Gasteiger partial charge in [0, 0.05) is 25.4 Å². The van der Waals surface area contributed by atoms with Gasteiger partial charge in [-0.25, -0.2) is 4.79 Å². The molecule has 0 heterocycles. The van der Waals surface area contributed by atoms with Crippen LogP contribution in [0.25, 0.3) is 0 Å². The molecule has 1 amide bonds. The molecule has 0 bridgehead atoms. The lowest BCUT2D eigenvalue weighted by Crippen LogP contribution is -2.36. The molecule has 1 N–H and O–H groups in total. The number of carbonyl (C=O) groups is 2. The predicted octanol–water partition coefficient (Wildman–Crippen LogP) is 5.97. The van der Waals surface area contributed by atoms with E-state index in [1.165, 1.54) is 12.8 Å². The van der Waals surface area contributed by atoms with Crippen molar-refractivity contribution in [2.24, 2.45) is 0 Å². The number of rotatable bonds is 18. The van der Waals surface area contributed by atoms with Crippen molar-refractivity contribution in [2.75, 3.05) is 43.1 Å². The second-order valence-corrected chi connectivity index (χ2v) is 7.82. The van der Waals surface area contributed by atoms with E-state index in [1.54, 1.807) is 17.9 Å². The van der Waals surface area contributed by atoms with Crippen molar-refractivity contribution in [1.29, 1.82) is 0 Å². The fraction of sp³-hybridized carbons (Fsp3) is 0.615. The molecule has 32 heavy (non-hydrogen) atoms. The highest BCUT2D eigenvalue weighted by Crippen LogP contribution is 2.27. The minimum Gasteiger partial charge on any atom is -0.462 e. The average molecular weight is 447 g/mol. The minimum atomic E-state index is -0.422. The Bertz CT molecular complexity index is 690. The molecule has 0 aromatic heterocycles. The molecule has 180 valence electrons. The third-order valence-corrected chi connectivity index (χ3v) is 5.06. The molecule has 0 saturated heterocycles. The molecule has 1 rings (SSSR count). The number of esters is 1. The van der Waals surface area contributed by atoms with E-state index in [0.717, 1.165) is 50.8 Å². The second-order valence-electron chi connectivity index (χ2n) is 7.82. The van der Waals surface area contributed by atoms with Gasteiger partial charge in [-0.1, -0.05) is 39.2 Å². The fourth-order valence-corrected chi connectivity index (χ4v) is 3.36. The quantitative estimate of drug-likeness (QED) is 0.171. The molecule has 0 saturated carbocycles. The van der Waals surface area contributed by atoms with Gasteiger partial charge in [0.1, 0.15) is 6.61 Å². The second kappa shape index (κ2) is 17.2. The highest BCUT2D eigenvalue weighted by Gasteiger charge is 2.23. The molecule has 0 radical (unpaired) electrons. The smallest absolute Gasteiger partial charge is 0.340 e. The lowest BCUT2D eigenvalue weighted by atomic mass is 10.1. The molecule has 1 aromatic rings. The van der Waals surface area contributed by atoms with Gasteiger partial charge in [0.05, 0.1) is 17.9 Å². The number of nitrogens with zero attached hydrogens (tertiary/aromatic N) is 1. The molecule has 6 nitrogen and oxygen atoms in total. The van der Waals surface area contributed by atoms with Crippen LogP contribution >= 0.6 is 0 Å². The van der Waals surface area contributed by atoms with Gasteiger partial charge >= 0.3 is 5.97 Å². The van der Waals surface area contributed by atoms with Crippen LogP contribution < -0.4 is 10.2 Å². The van der Waals surface area contributed by atoms with Crippen molar-refractivity contribution in [3.05, 3.63) is 36.4 Å². The SMILES string of the molecule is C=CCCCCNc1ccc(C(=O)OCC)c(N(CCC)C(=O)COCCCCCC)c1. The highest BCUT2D eigenvalue weighted by molar-refractivity contribution is 6.03. The first-order valence-electron chi connectivity index (χ1n) is 12.1. The summed E-state index contributed by atoms with van der Waals surface area (Å²) in [5.74, 6) is -0.564. The van der Waals surface area contributed by atoms with E-state index in [2.05, 4.69) is 18.8 Å². The van der Waals surface area contributed by atoms with Gasteiger partial charge < -0.3 is 19.7 Å². The summed E-state index contributed by atoms with van der Waals surface area (Å²) in [6.45, 7) is 11.9. The molecule has 0 aliphatic carbocycles. The number of hydrogen-bond acceptors (Lipinski definition) is 5. The summed E-state index contributed by atoms with van der Waals surface area (Å²) >= 11 is 0. The normalized spacial score (nSPS) is 10.6. The first kappa shape index (κ1) is 27.7. The van der Waals surface area contributed by atoms with Crippen molar-refractivity contribution in [1.82, 2.24) is 0 Å². The number of ether oxygens (including phenoxy) is 2. The van der Waals surface area contributed by atoms with Gasteiger partial charge in [0.15, 0.2) is 0 Å². The summed E-state index contributed by atoms with van der Waals surface area (Å²) in [6, 6.07) is 5.47. The number of nitrogens with one attached hydrogen (secondary N) is 1. The van der Waals surface area contributed by atoms with Crippen LogP contribution in [-0.2, 0) is 14.3 Å². The molecule has 0 spiro atoms. The summed E-state index contributed by atoms with van der Waals surface area (Å²) in [7, 11) is 0. The summed E-state index contributed by atoms with van der Waals surface area (Å²) in [5, 5.41) is 3.39. The number of allylic oxidation sites excluding steroid dienone is 1. The Balaban J connectivity index is 2.96. The largest absolute Gasteiger partial charge is 0.462 e. The number of benzene rings is 1. The van der Waals surface area contributed by atoms with Crippen molar-refractivity contribution in [2.45, 2.75) is 72.1 Å². The maximum Gasteiger partial charge on any atom is 0.340 e. The van der Waals surface area contributed by atoms with Gasteiger partial charge in [-0.05, 0) is 57.2 Å². The number of hydrogen-bond donors (Lipinski definition) is 1. The van der Waals surface area contributed by atoms with Crippen LogP contribution in [0, 0.1) is 0 Å². The van der Waals surface area contributed by atoms with Gasteiger partial charge in [-0.3, -0.25) is 4.79 Å². The predicted molar refractivity (Wildman–Crippen MR) is 133 cm³/mol. The molecule has 0 fully saturated rings. The van der Waals surface area contributed by atoms with E-state index < -0.39 is 5.97 Å². The van der Waals surface area contributed by atoms with Crippen molar-refractivity contribution in [3.63, 3.8) is 0 Å². The van der Waals surface area contributed by atoms with Crippen LogP contribution in [0.3, 0.4) is 0 Å². The number of carbonyl (C=O) groups excluding carboxylic acids is 2. The van der Waals surface area contributed by atoms with Gasteiger partial charge in [-0.2, -0.15) is 0 Å². The highest BCUT2D eigenvalue weighted by atomic mass is 16.5.